The number of fused-ring (bicyclic) bond motifs is 4. The van der Waals surface area contributed by atoms with Crippen LogP contribution in [-0.4, -0.2) is 51.4 Å². The summed E-state index contributed by atoms with van der Waals surface area (Å²) in [5.74, 6) is 0.369. The van der Waals surface area contributed by atoms with E-state index >= 15 is 0 Å². The largest absolute Gasteiger partial charge is 0.405 e. The highest BCUT2D eigenvalue weighted by Crippen LogP contribution is 2.63. The maximum atomic E-state index is 10.5. The van der Waals surface area contributed by atoms with Crippen LogP contribution in [0.2, 0.25) is 18.1 Å². The third kappa shape index (κ3) is 3.37. The number of hydrogen-bond acceptors (Lipinski definition) is 5. The standard InChI is InChI=1S/C24H42O5Si/c1-16-17-13-18(20(16)23(15-25)11-9-8-10-12-23)27-21-24(17,14-19(26-5)28-21)29-30(6,7)22(2,3)4/h17-21,25H,1,8-15H2,2-7H3. The van der Waals surface area contributed by atoms with Crippen LogP contribution in [0.25, 0.3) is 0 Å². The van der Waals surface area contributed by atoms with Crippen LogP contribution in [0.15, 0.2) is 12.2 Å². The number of hydrogen-bond donors (Lipinski definition) is 1. The molecule has 0 amide bonds. The van der Waals surface area contributed by atoms with Crippen LogP contribution in [0, 0.1) is 17.3 Å². The maximum Gasteiger partial charge on any atom is 0.193 e. The van der Waals surface area contributed by atoms with E-state index in [1.807, 2.05) is 0 Å². The van der Waals surface area contributed by atoms with Crippen LogP contribution in [0.4, 0.5) is 0 Å². The zero-order chi connectivity index (χ0) is 21.9. The van der Waals surface area contributed by atoms with Crippen molar-refractivity contribution in [1.82, 2.24) is 0 Å². The fraction of sp³-hybridized carbons (Fsp3) is 0.917. The van der Waals surface area contributed by atoms with E-state index in [0.717, 1.165) is 19.3 Å². The van der Waals surface area contributed by atoms with Crippen LogP contribution < -0.4 is 0 Å². The Hall–Kier alpha value is -0.243. The highest BCUT2D eigenvalue weighted by molar-refractivity contribution is 6.74. The van der Waals surface area contributed by atoms with Gasteiger partial charge in [-0.2, -0.15) is 0 Å². The Morgan fingerprint density at radius 2 is 1.83 bits per heavy atom. The minimum absolute atomic E-state index is 0.0458. The Balaban J connectivity index is 1.71. The quantitative estimate of drug-likeness (QED) is 0.483. The minimum Gasteiger partial charge on any atom is -0.405 e. The molecule has 0 aromatic heterocycles. The summed E-state index contributed by atoms with van der Waals surface area (Å²) in [6.45, 7) is 16.3. The van der Waals surface area contributed by atoms with E-state index in [1.54, 1.807) is 7.11 Å². The monoisotopic (exact) mass is 438 g/mol. The average molecular weight is 439 g/mol. The first kappa shape index (κ1) is 22.9. The maximum absolute atomic E-state index is 10.5. The molecule has 2 saturated carbocycles. The molecule has 4 aliphatic rings. The lowest BCUT2D eigenvalue weighted by Crippen LogP contribution is -2.59. The molecule has 0 aromatic carbocycles. The lowest BCUT2D eigenvalue weighted by atomic mass is 9.63. The van der Waals surface area contributed by atoms with Gasteiger partial charge >= 0.3 is 0 Å². The summed E-state index contributed by atoms with van der Waals surface area (Å²) in [5.41, 5.74) is 0.571. The Morgan fingerprint density at radius 1 is 1.17 bits per heavy atom. The van der Waals surface area contributed by atoms with E-state index in [-0.39, 0.29) is 41.3 Å². The first-order valence-corrected chi connectivity index (χ1v) is 14.7. The summed E-state index contributed by atoms with van der Waals surface area (Å²) in [5, 5.41) is 10.6. The second-order valence-electron chi connectivity index (χ2n) is 11.8. The first-order valence-electron chi connectivity index (χ1n) is 11.8. The minimum atomic E-state index is -2.09. The average Bonchev–Trinajstić information content (AvgIpc) is 3.19. The van der Waals surface area contributed by atoms with Crippen molar-refractivity contribution in [2.24, 2.45) is 17.3 Å². The zero-order valence-electron chi connectivity index (χ0n) is 19.8. The predicted octanol–water partition coefficient (Wildman–Crippen LogP) is 5.00. The predicted molar refractivity (Wildman–Crippen MR) is 120 cm³/mol. The summed E-state index contributed by atoms with van der Waals surface area (Å²) < 4.78 is 25.7. The van der Waals surface area contributed by atoms with Gasteiger partial charge in [-0.05, 0) is 37.4 Å². The topological polar surface area (TPSA) is 57.2 Å². The van der Waals surface area contributed by atoms with Crippen molar-refractivity contribution < 1.29 is 23.7 Å². The number of rotatable bonds is 5. The van der Waals surface area contributed by atoms with Crippen LogP contribution in [-0.2, 0) is 18.6 Å². The number of methoxy groups -OCH3 is 1. The Kier molecular flexibility index (Phi) is 5.86. The van der Waals surface area contributed by atoms with Crippen LogP contribution in [0.3, 0.4) is 0 Å². The molecule has 2 aliphatic heterocycles. The van der Waals surface area contributed by atoms with Gasteiger partial charge in [-0.3, -0.25) is 0 Å². The van der Waals surface area contributed by atoms with Gasteiger partial charge in [-0.1, -0.05) is 52.2 Å². The Morgan fingerprint density at radius 3 is 2.40 bits per heavy atom. The molecule has 5 nitrogen and oxygen atoms in total. The van der Waals surface area contributed by atoms with E-state index < -0.39 is 20.2 Å². The molecule has 0 aromatic rings. The molecule has 4 fully saturated rings. The van der Waals surface area contributed by atoms with Gasteiger partial charge < -0.3 is 23.7 Å². The second-order valence-corrected chi connectivity index (χ2v) is 16.5. The molecule has 0 radical (unpaired) electrons. The molecule has 30 heavy (non-hydrogen) atoms. The molecule has 172 valence electrons. The van der Waals surface area contributed by atoms with E-state index in [0.29, 0.717) is 6.42 Å². The first-order chi connectivity index (χ1) is 14.0. The van der Waals surface area contributed by atoms with E-state index in [1.165, 1.54) is 24.8 Å². The van der Waals surface area contributed by atoms with Crippen molar-refractivity contribution >= 4 is 8.32 Å². The van der Waals surface area contributed by atoms with E-state index in [9.17, 15) is 5.11 Å². The van der Waals surface area contributed by atoms with Gasteiger partial charge in [0.15, 0.2) is 20.9 Å². The summed E-state index contributed by atoms with van der Waals surface area (Å²) in [7, 11) is -0.398. The van der Waals surface area contributed by atoms with Gasteiger partial charge in [0.05, 0.1) is 6.10 Å². The van der Waals surface area contributed by atoms with Crippen LogP contribution in [0.1, 0.15) is 65.7 Å². The highest BCUT2D eigenvalue weighted by atomic mass is 28.4. The van der Waals surface area contributed by atoms with Crippen molar-refractivity contribution in [2.45, 2.75) is 108 Å². The molecule has 2 aliphatic carbocycles. The highest BCUT2D eigenvalue weighted by Gasteiger charge is 2.68. The molecule has 2 heterocycles. The Bertz CT molecular complexity index is 665. The van der Waals surface area contributed by atoms with Crippen LogP contribution in [0.5, 0.6) is 0 Å². The molecule has 6 heteroatoms. The van der Waals surface area contributed by atoms with E-state index in [2.05, 4.69) is 40.4 Å². The molecular formula is C24H42O5Si. The van der Waals surface area contributed by atoms with Gasteiger partial charge in [-0.15, -0.1) is 0 Å². The third-order valence-corrected chi connectivity index (χ3v) is 13.6. The van der Waals surface area contributed by atoms with Gasteiger partial charge in [0.25, 0.3) is 0 Å². The van der Waals surface area contributed by atoms with Gasteiger partial charge in [0.1, 0.15) is 5.60 Å². The van der Waals surface area contributed by atoms with Crippen molar-refractivity contribution in [3.63, 3.8) is 0 Å². The summed E-state index contributed by atoms with van der Waals surface area (Å²) in [4.78, 5) is 0. The number of aliphatic hydroxyl groups is 1. The van der Waals surface area contributed by atoms with E-state index in [4.69, 9.17) is 18.6 Å². The molecule has 2 saturated heterocycles. The molecule has 1 N–H and O–H groups in total. The number of ether oxygens (including phenoxy) is 3. The van der Waals surface area contributed by atoms with Gasteiger partial charge in [-0.25, -0.2) is 0 Å². The zero-order valence-corrected chi connectivity index (χ0v) is 20.8. The van der Waals surface area contributed by atoms with Gasteiger partial charge in [0.2, 0.25) is 0 Å². The summed E-state index contributed by atoms with van der Waals surface area (Å²) >= 11 is 0. The smallest absolute Gasteiger partial charge is 0.193 e. The Labute approximate surface area is 183 Å². The van der Waals surface area contributed by atoms with Crippen molar-refractivity contribution in [3.8, 4) is 0 Å². The van der Waals surface area contributed by atoms with Crippen molar-refractivity contribution in [1.29, 1.82) is 0 Å². The third-order valence-electron chi connectivity index (χ3n) is 9.07. The summed E-state index contributed by atoms with van der Waals surface area (Å²) in [6.07, 6.45) is 6.63. The van der Waals surface area contributed by atoms with Crippen LogP contribution >= 0.6 is 0 Å². The molecule has 6 atom stereocenters. The molecule has 0 spiro atoms. The molecule has 2 bridgehead atoms. The van der Waals surface area contributed by atoms with Crippen molar-refractivity contribution in [2.75, 3.05) is 13.7 Å². The lowest BCUT2D eigenvalue weighted by molar-refractivity contribution is -0.270. The summed E-state index contributed by atoms with van der Waals surface area (Å²) in [6, 6.07) is 0. The normalized spacial score (nSPS) is 41.2. The molecule has 6 unspecified atom stereocenters. The SMILES string of the molecule is C=C1C(C2(CO)CCCCC2)C2CC1C1(O[Si](C)(C)C(C)(C)C)CC(OC)OC1O2. The second kappa shape index (κ2) is 7.67. The lowest BCUT2D eigenvalue weighted by Gasteiger charge is -2.50. The van der Waals surface area contributed by atoms with Gasteiger partial charge in [0, 0.05) is 37.4 Å². The molecule has 4 rings (SSSR count). The fourth-order valence-electron chi connectivity index (χ4n) is 6.43. The van der Waals surface area contributed by atoms with Crippen molar-refractivity contribution in [3.05, 3.63) is 12.2 Å². The molecular weight excluding hydrogens is 396 g/mol. The fourth-order valence-corrected chi connectivity index (χ4v) is 8.01. The number of aliphatic hydroxyl groups excluding tert-OH is 1.